The van der Waals surface area contributed by atoms with E-state index in [4.69, 9.17) is 66.4 Å². The molecule has 0 saturated heterocycles. The molecule has 35 heteroatoms. The fraction of sp³-hybridized carbons (Fsp3) is 0.268. The van der Waals surface area contributed by atoms with Gasteiger partial charge in [-0.1, -0.05) is 27.7 Å². The van der Waals surface area contributed by atoms with Crippen LogP contribution in [-0.4, -0.2) is 77.3 Å². The van der Waals surface area contributed by atoms with Crippen molar-refractivity contribution in [3.05, 3.63) is 144 Å². The Balaban J connectivity index is 0.000000573. The monoisotopic (exact) mass is 1450 g/mol. The van der Waals surface area contributed by atoms with Crippen LogP contribution in [0.1, 0.15) is 97.5 Å². The highest BCUT2D eigenvalue weighted by Crippen LogP contribution is 2.32. The van der Waals surface area contributed by atoms with Gasteiger partial charge in [0.05, 0.1) is 73.8 Å². The number of primary amides is 5. The number of carbonyl (C=O) groups excluding carboxylic acids is 5. The van der Waals surface area contributed by atoms with E-state index in [0.717, 1.165) is 57.4 Å². The van der Waals surface area contributed by atoms with E-state index in [0.29, 0.717) is 46.5 Å². The Kier molecular flexibility index (Phi) is 35.6. The molecule has 4 unspecified atom stereocenters. The number of benzene rings is 4. The van der Waals surface area contributed by atoms with Gasteiger partial charge in [-0.3, -0.25) is 34.5 Å². The lowest BCUT2D eigenvalue weighted by molar-refractivity contribution is -0.176. The largest absolute Gasteiger partial charge is 0.389 e. The van der Waals surface area contributed by atoms with Gasteiger partial charge in [-0.05, 0) is 180 Å². The molecule has 488 valence electrons. The molecule has 3 aromatic heterocycles. The van der Waals surface area contributed by atoms with Crippen LogP contribution in [0.5, 0.6) is 0 Å². The minimum Gasteiger partial charge on any atom is -0.389 e. The molecule has 0 aliphatic heterocycles. The van der Waals surface area contributed by atoms with Gasteiger partial charge >= 0.3 is 0 Å². The van der Waals surface area contributed by atoms with Crippen LogP contribution >= 0.6 is 66.5 Å². The fourth-order valence-corrected chi connectivity index (χ4v) is 9.31. The molecule has 0 spiro atoms. The summed E-state index contributed by atoms with van der Waals surface area (Å²) in [7, 11) is 0. The van der Waals surface area contributed by atoms with Crippen molar-refractivity contribution < 1.29 is 56.4 Å². The number of aryl methyl sites for hydroxylation is 3. The highest BCUT2D eigenvalue weighted by molar-refractivity contribution is 9.10. The van der Waals surface area contributed by atoms with Gasteiger partial charge in [-0.2, -0.15) is 28.9 Å². The number of anilines is 8. The molecule has 0 radical (unpaired) electrons. The Labute approximate surface area is 548 Å². The molecule has 0 saturated carbocycles. The first kappa shape index (κ1) is 79.9. The molecule has 7 rings (SSSR count). The quantitative estimate of drug-likeness (QED) is 0.0155. The average molecular weight is 1450 g/mol. The van der Waals surface area contributed by atoms with Gasteiger partial charge in [0.25, 0.3) is 5.91 Å². The summed E-state index contributed by atoms with van der Waals surface area (Å²) in [5.41, 5.74) is 40.4. The Morgan fingerprint density at radius 2 is 0.846 bits per heavy atom. The fourth-order valence-electron chi connectivity index (χ4n) is 6.60. The van der Waals surface area contributed by atoms with Gasteiger partial charge < -0.3 is 66.7 Å². The van der Waals surface area contributed by atoms with Crippen molar-refractivity contribution >= 4 is 139 Å². The Hall–Kier alpha value is -9.12. The van der Waals surface area contributed by atoms with Gasteiger partial charge in [0.2, 0.25) is 23.6 Å². The molecule has 0 fully saturated rings. The van der Waals surface area contributed by atoms with Crippen LogP contribution in [0.2, 0.25) is 0 Å². The molecule has 3 heterocycles. The maximum Gasteiger partial charge on any atom is 0.250 e. The second kappa shape index (κ2) is 40.5. The van der Waals surface area contributed by atoms with Gasteiger partial charge in [-0.15, -0.1) is 0 Å². The lowest BCUT2D eigenvalue weighted by atomic mass is 10.1. The maximum absolute atomic E-state index is 14.2. The zero-order valence-electron chi connectivity index (χ0n) is 49.5. The van der Waals surface area contributed by atoms with E-state index in [1.165, 1.54) is 52.8 Å². The third-order valence-electron chi connectivity index (χ3n) is 11.4. The van der Waals surface area contributed by atoms with Crippen LogP contribution in [0.3, 0.4) is 0 Å². The first-order chi connectivity index (χ1) is 42.9. The maximum atomic E-state index is 14.2. The van der Waals surface area contributed by atoms with Crippen LogP contribution in [-0.2, 0) is 19.2 Å². The van der Waals surface area contributed by atoms with Crippen LogP contribution < -0.4 is 66.7 Å². The molecular formula is C56H65Br2F5N18O7S3. The van der Waals surface area contributed by atoms with E-state index in [2.05, 4.69) is 71.6 Å². The summed E-state index contributed by atoms with van der Waals surface area (Å²) in [6, 6.07) is 17.7. The third kappa shape index (κ3) is 27.3. The zero-order chi connectivity index (χ0) is 69.4. The van der Waals surface area contributed by atoms with Crippen LogP contribution in [0.4, 0.5) is 65.4 Å². The Morgan fingerprint density at radius 1 is 0.495 bits per heavy atom. The summed E-state index contributed by atoms with van der Waals surface area (Å²) in [4.78, 5) is 55.3. The molecule has 91 heavy (non-hydrogen) atoms. The molecule has 0 aliphatic rings. The summed E-state index contributed by atoms with van der Waals surface area (Å²) >= 11 is 9.82. The van der Waals surface area contributed by atoms with Gasteiger partial charge in [-0.25, -0.2) is 22.0 Å². The molecule has 21 N–H and O–H groups in total. The second-order valence-corrected chi connectivity index (χ2v) is 22.4. The predicted molar refractivity (Wildman–Crippen MR) is 349 cm³/mol. The number of aromatic nitrogens is 3. The highest BCUT2D eigenvalue weighted by Gasteiger charge is 2.21. The lowest BCUT2D eigenvalue weighted by Crippen LogP contribution is -2.35. The summed E-state index contributed by atoms with van der Waals surface area (Å²) in [5.74, 6) is -6.79. The molecule has 0 bridgehead atoms. The number of hydrogen-bond acceptors (Lipinski definition) is 23. The lowest BCUT2D eigenvalue weighted by Gasteiger charge is -2.17. The standard InChI is InChI=1S/C15H18FN5O2S.C15H16FN5OS.C11H11BrFN3O.C7H2BrF2N.C4H10N2O.C4H6N2S.H2O2/c1-3-10(15(18)23)19-12-6-11(8(14(17)22)5-9(12)16)20-13-4-7(2)21-24-13;1-3-11(15(18)22)19-13-6-12(9(7-17)5-10(13)16)20-14-4-8(2)21-23-14;1-2-9(11(15)17)16-10-4-7(12)6(5-14)3-8(10)13;8-5-2-7(10)6(9)1-4(5)3-11;1-2-3(5)4(6)7;1-3-2-4(5)7-6-3;1-2/h4-6,10,19-20H,3H2,1-2H3,(H2,17,22)(H2,18,23);4-6,11,19-20H,3H2,1-2H3,(H2,18,22);3-4,9,16H,2H2,1H3,(H2,15,17);1-2H;3H,2,5H2,1H3,(H2,6,7);2H,5H2,1H3;1-2H. The predicted octanol–water partition coefficient (Wildman–Crippen LogP) is 9.99. The van der Waals surface area contributed by atoms with E-state index >= 15 is 0 Å². The number of halogens is 7. The minimum atomic E-state index is -1.01. The number of nitriles is 3. The van der Waals surface area contributed by atoms with Crippen molar-refractivity contribution in [1.82, 2.24) is 13.1 Å². The number of amides is 5. The minimum absolute atomic E-state index is 0.00349. The van der Waals surface area contributed by atoms with E-state index < -0.39 is 82.8 Å². The third-order valence-corrected chi connectivity index (χ3v) is 15.0. The van der Waals surface area contributed by atoms with E-state index in [1.54, 1.807) is 32.9 Å². The number of hydrogen-bond donors (Lipinski definition) is 14. The zero-order valence-corrected chi connectivity index (χ0v) is 55.1. The van der Waals surface area contributed by atoms with E-state index in [1.807, 2.05) is 52.0 Å². The van der Waals surface area contributed by atoms with Crippen LogP contribution in [0.25, 0.3) is 0 Å². The molecule has 25 nitrogen and oxygen atoms in total. The van der Waals surface area contributed by atoms with Crippen molar-refractivity contribution in [1.29, 1.82) is 15.8 Å². The first-order valence-corrected chi connectivity index (χ1v) is 30.1. The van der Waals surface area contributed by atoms with Crippen molar-refractivity contribution in [3.63, 3.8) is 0 Å². The molecule has 7 aromatic rings. The average Bonchev–Trinajstić information content (AvgIpc) is 3.19. The molecule has 4 aromatic carbocycles. The summed E-state index contributed by atoms with van der Waals surface area (Å²) in [6.07, 6.45) is 1.89. The van der Waals surface area contributed by atoms with Crippen molar-refractivity contribution in [2.75, 3.05) is 32.3 Å². The number of nitrogen functional groups attached to an aromatic ring is 1. The molecule has 0 aliphatic carbocycles. The van der Waals surface area contributed by atoms with E-state index in [-0.39, 0.29) is 43.8 Å². The Morgan fingerprint density at radius 3 is 1.16 bits per heavy atom. The van der Waals surface area contributed by atoms with Crippen molar-refractivity contribution in [2.24, 2.45) is 34.4 Å². The summed E-state index contributed by atoms with van der Waals surface area (Å²) < 4.78 is 79.6. The van der Waals surface area contributed by atoms with Crippen LogP contribution in [0, 0.1) is 83.9 Å². The second-order valence-electron chi connectivity index (χ2n) is 18.2. The number of nitrogens with zero attached hydrogens (tertiary/aromatic N) is 6. The molecule has 4 atom stereocenters. The highest BCUT2D eigenvalue weighted by atomic mass is 79.9. The summed E-state index contributed by atoms with van der Waals surface area (Å²) in [6.45, 7) is 12.7. The number of nitrogens with one attached hydrogen (secondary N) is 5. The Bertz CT molecular complexity index is 3710. The number of carbonyl (C=O) groups is 5. The SMILES string of the molecule is CCC(N)C(N)=O.CCC(Nc1cc(Br)c(C#N)cc1F)C(N)=O.CCC(Nc1cc(Nc2cc(C)ns2)c(C#N)cc1F)C(N)=O.CCC(Nc1cc(Nc2cc(C)ns2)c(C(N)=O)cc1F)C(N)=O.Cc1cc(N)sn1.N#Cc1cc(F)c(F)cc1Br.OO. The van der Waals surface area contributed by atoms with Crippen molar-refractivity contribution in [2.45, 2.75) is 98.3 Å². The van der Waals surface area contributed by atoms with E-state index in [9.17, 15) is 45.9 Å². The molecule has 5 amide bonds. The van der Waals surface area contributed by atoms with Crippen LogP contribution in [0.15, 0.2) is 75.7 Å². The normalized spacial score (nSPS) is 11.1. The van der Waals surface area contributed by atoms with Gasteiger partial charge in [0.15, 0.2) is 11.6 Å². The van der Waals surface area contributed by atoms with Crippen molar-refractivity contribution in [3.8, 4) is 18.2 Å². The van der Waals surface area contributed by atoms with Gasteiger partial charge in [0.1, 0.15) is 68.8 Å². The topological polar surface area (TPSA) is 478 Å². The number of rotatable bonds is 19. The van der Waals surface area contributed by atoms with Gasteiger partial charge in [0, 0.05) is 8.95 Å². The summed E-state index contributed by atoms with van der Waals surface area (Å²) in [5, 5.41) is 54.7. The molecular weight excluding hydrogens is 1390 g/mol. The number of nitrogens with two attached hydrogens (primary N) is 7. The first-order valence-electron chi connectivity index (χ1n) is 26.2. The smallest absolute Gasteiger partial charge is 0.250 e.